The van der Waals surface area contributed by atoms with Gasteiger partial charge < -0.3 is 10.4 Å². The van der Waals surface area contributed by atoms with E-state index in [0.29, 0.717) is 34.9 Å². The maximum absolute atomic E-state index is 13.5. The van der Waals surface area contributed by atoms with Crippen LogP contribution in [0.15, 0.2) is 64.6 Å². The van der Waals surface area contributed by atoms with Crippen molar-refractivity contribution in [2.75, 3.05) is 11.9 Å². The third-order valence-corrected chi connectivity index (χ3v) is 10.6. The number of fused-ring (bicyclic) bond motifs is 2. The van der Waals surface area contributed by atoms with Gasteiger partial charge in [0, 0.05) is 46.3 Å². The number of nitrogens with one attached hydrogen (secondary N) is 2. The molecule has 0 spiro atoms. The van der Waals surface area contributed by atoms with Crippen LogP contribution in [0.4, 0.5) is 18.9 Å². The van der Waals surface area contributed by atoms with Gasteiger partial charge >= 0.3 is 0 Å². The Morgan fingerprint density at radius 1 is 1.07 bits per heavy atom. The second-order valence-corrected chi connectivity index (χ2v) is 13.5. The summed E-state index contributed by atoms with van der Waals surface area (Å²) >= 11 is 7.88. The summed E-state index contributed by atoms with van der Waals surface area (Å²) < 4.78 is 68.1. The first-order chi connectivity index (χ1) is 19.0. The van der Waals surface area contributed by atoms with Crippen LogP contribution in [0.25, 0.3) is 0 Å². The van der Waals surface area contributed by atoms with Crippen molar-refractivity contribution in [2.45, 2.75) is 46.5 Å². The number of anilines is 1. The fourth-order valence-corrected chi connectivity index (χ4v) is 8.20. The number of sulfonamides is 1. The minimum Gasteiger partial charge on any atom is -0.388 e. The van der Waals surface area contributed by atoms with Crippen molar-refractivity contribution < 1.29 is 31.5 Å². The first-order valence-corrected chi connectivity index (χ1v) is 15.3. The number of pyridine rings is 1. The molecule has 2 bridgehead atoms. The Hall–Kier alpha value is -2.64. The Kier molecular flexibility index (Phi) is 8.17. The number of halogens is 4. The van der Waals surface area contributed by atoms with Crippen molar-refractivity contribution >= 4 is 45.0 Å². The highest BCUT2D eigenvalue weighted by Crippen LogP contribution is 2.53. The average molecular weight is 612 g/mol. The van der Waals surface area contributed by atoms with Crippen molar-refractivity contribution in [3.05, 3.63) is 82.8 Å². The third kappa shape index (κ3) is 5.87. The van der Waals surface area contributed by atoms with Gasteiger partial charge in [0.15, 0.2) is 22.5 Å². The highest BCUT2D eigenvalue weighted by Gasteiger charge is 2.53. The molecule has 2 aliphatic carbocycles. The molecule has 2 fully saturated rings. The maximum Gasteiger partial charge on any atom is 0.258 e. The molecule has 4 atom stereocenters. The van der Waals surface area contributed by atoms with Gasteiger partial charge in [-0.2, -0.15) is 0 Å². The van der Waals surface area contributed by atoms with E-state index in [4.69, 9.17) is 11.6 Å². The van der Waals surface area contributed by atoms with Crippen LogP contribution in [0.3, 0.4) is 0 Å². The summed E-state index contributed by atoms with van der Waals surface area (Å²) in [6, 6.07) is 10.6. The Labute approximate surface area is 238 Å². The van der Waals surface area contributed by atoms with Crippen molar-refractivity contribution in [3.8, 4) is 0 Å². The predicted octanol–water partition coefficient (Wildman–Crippen LogP) is 5.39. The van der Waals surface area contributed by atoms with Crippen molar-refractivity contribution in [1.82, 2.24) is 9.71 Å². The van der Waals surface area contributed by atoms with Gasteiger partial charge in [-0.25, -0.2) is 31.3 Å². The molecule has 13 heteroatoms. The number of carbonyl (C=O) groups excluding carboxylic acids is 1. The molecule has 5 rings (SSSR count). The Bertz CT molecular complexity index is 1510. The van der Waals surface area contributed by atoms with Gasteiger partial charge in [0.2, 0.25) is 0 Å². The molecule has 0 saturated heterocycles. The van der Waals surface area contributed by atoms with E-state index < -0.39 is 39.0 Å². The highest BCUT2D eigenvalue weighted by atomic mass is 35.5. The minimum absolute atomic E-state index is 0.0567. The SMILES string of the molecule is O=C(Nc1cc(F)c(F)c(F)c1)c1ccc(Cl)c(SC2CC3CC[C@@H](C2)C3(O)CNS(=O)(=O)c2ccccn2)c1. The smallest absolute Gasteiger partial charge is 0.258 e. The summed E-state index contributed by atoms with van der Waals surface area (Å²) in [5.74, 6) is -5.38. The number of thioether (sulfide) groups is 1. The lowest BCUT2D eigenvalue weighted by molar-refractivity contribution is -0.0520. The monoisotopic (exact) mass is 611 g/mol. The first kappa shape index (κ1) is 28.9. The van der Waals surface area contributed by atoms with Gasteiger partial charge in [-0.1, -0.05) is 17.7 Å². The minimum atomic E-state index is -3.87. The van der Waals surface area contributed by atoms with Crippen molar-refractivity contribution in [3.63, 3.8) is 0 Å². The van der Waals surface area contributed by atoms with E-state index in [0.717, 1.165) is 12.8 Å². The van der Waals surface area contributed by atoms with Crippen LogP contribution in [-0.2, 0) is 10.0 Å². The number of amides is 1. The number of nitrogens with zero attached hydrogens (tertiary/aromatic N) is 1. The first-order valence-electron chi connectivity index (χ1n) is 12.5. The van der Waals surface area contributed by atoms with Gasteiger partial charge in [-0.15, -0.1) is 11.8 Å². The van der Waals surface area contributed by atoms with E-state index in [1.54, 1.807) is 24.3 Å². The lowest BCUT2D eigenvalue weighted by atomic mass is 9.74. The summed E-state index contributed by atoms with van der Waals surface area (Å²) in [5.41, 5.74) is -1.23. The zero-order valence-corrected chi connectivity index (χ0v) is 23.3. The van der Waals surface area contributed by atoms with Gasteiger partial charge in [0.25, 0.3) is 15.9 Å². The van der Waals surface area contributed by atoms with Gasteiger partial charge in [0.1, 0.15) is 0 Å². The second-order valence-electron chi connectivity index (χ2n) is 10.0. The third-order valence-electron chi connectivity index (χ3n) is 7.56. The fraction of sp³-hybridized carbons (Fsp3) is 0.333. The molecule has 0 aliphatic heterocycles. The Balaban J connectivity index is 1.25. The molecule has 2 aliphatic rings. The molecule has 3 N–H and O–H groups in total. The molecule has 1 amide bonds. The zero-order valence-electron chi connectivity index (χ0n) is 20.9. The predicted molar refractivity (Wildman–Crippen MR) is 145 cm³/mol. The Morgan fingerprint density at radius 3 is 2.38 bits per heavy atom. The largest absolute Gasteiger partial charge is 0.388 e. The molecular weight excluding hydrogens is 587 g/mol. The van der Waals surface area contributed by atoms with E-state index in [-0.39, 0.29) is 39.9 Å². The lowest BCUT2D eigenvalue weighted by Gasteiger charge is -2.42. The zero-order chi connectivity index (χ0) is 28.7. The highest BCUT2D eigenvalue weighted by molar-refractivity contribution is 8.00. The van der Waals surface area contributed by atoms with E-state index >= 15 is 0 Å². The Morgan fingerprint density at radius 2 is 1.75 bits per heavy atom. The van der Waals surface area contributed by atoms with Gasteiger partial charge in [-0.05, 0) is 67.9 Å². The maximum atomic E-state index is 13.5. The lowest BCUT2D eigenvalue weighted by Crippen LogP contribution is -2.53. The molecule has 1 heterocycles. The quantitative estimate of drug-likeness (QED) is 0.295. The molecule has 1 aromatic heterocycles. The van der Waals surface area contributed by atoms with Crippen LogP contribution < -0.4 is 10.0 Å². The average Bonchev–Trinajstić information content (AvgIpc) is 3.08. The number of hydrogen-bond acceptors (Lipinski definition) is 6. The normalized spacial score (nSPS) is 24.2. The molecular formula is C27H25ClF3N3O4S2. The van der Waals surface area contributed by atoms with E-state index in [2.05, 4.69) is 15.0 Å². The van der Waals surface area contributed by atoms with Gasteiger partial charge in [0.05, 0.1) is 10.6 Å². The van der Waals surface area contributed by atoms with Crippen LogP contribution in [0, 0.1) is 29.3 Å². The fourth-order valence-electron chi connectivity index (χ4n) is 5.53. The standard InChI is InChI=1S/C27H25ClF3N3O4S2/c28-20-7-4-15(26(35)34-18-12-21(29)25(31)22(30)13-18)9-23(20)39-19-10-16-5-6-17(11-19)27(16,36)14-33-40(37,38)24-3-1-2-8-32-24/h1-4,7-9,12-13,16-17,19,33,36H,5-6,10-11,14H2,(H,34,35)/t16-,17?,19?,27?/m0/s1. The number of benzene rings is 2. The van der Waals surface area contributed by atoms with Crippen LogP contribution in [0.1, 0.15) is 36.0 Å². The molecule has 40 heavy (non-hydrogen) atoms. The van der Waals surface area contributed by atoms with Crippen molar-refractivity contribution in [2.24, 2.45) is 11.8 Å². The van der Waals surface area contributed by atoms with E-state index in [9.17, 15) is 31.5 Å². The van der Waals surface area contributed by atoms with E-state index in [1.807, 2.05) is 0 Å². The molecule has 3 unspecified atom stereocenters. The molecule has 2 aromatic carbocycles. The summed E-state index contributed by atoms with van der Waals surface area (Å²) in [5, 5.41) is 14.2. The second kappa shape index (κ2) is 11.3. The topological polar surface area (TPSA) is 108 Å². The number of aromatic nitrogens is 1. The van der Waals surface area contributed by atoms with E-state index in [1.165, 1.54) is 30.1 Å². The molecule has 7 nitrogen and oxygen atoms in total. The molecule has 212 valence electrons. The summed E-state index contributed by atoms with van der Waals surface area (Å²) in [7, 11) is -3.87. The number of carbonyl (C=O) groups is 1. The number of rotatable bonds is 8. The summed E-state index contributed by atoms with van der Waals surface area (Å²) in [6.45, 7) is -0.111. The van der Waals surface area contributed by atoms with Crippen LogP contribution in [0.5, 0.6) is 0 Å². The molecule has 0 radical (unpaired) electrons. The molecule has 3 aromatic rings. The molecule has 2 saturated carbocycles. The van der Waals surface area contributed by atoms with Crippen LogP contribution in [0.2, 0.25) is 5.02 Å². The summed E-state index contributed by atoms with van der Waals surface area (Å²) in [4.78, 5) is 17.2. The van der Waals surface area contributed by atoms with Crippen LogP contribution in [-0.4, -0.2) is 41.8 Å². The summed E-state index contributed by atoms with van der Waals surface area (Å²) in [6.07, 6.45) is 4.13. The van der Waals surface area contributed by atoms with Gasteiger partial charge in [-0.3, -0.25) is 4.79 Å². The van der Waals surface area contributed by atoms with Crippen molar-refractivity contribution in [1.29, 1.82) is 0 Å². The number of aliphatic hydroxyl groups is 1. The van der Waals surface area contributed by atoms with Crippen LogP contribution >= 0.6 is 23.4 Å². The number of hydrogen-bond donors (Lipinski definition) is 3.